The molecule has 0 spiro atoms. The van der Waals surface area contributed by atoms with Crippen molar-refractivity contribution in [3.05, 3.63) is 16.3 Å². The van der Waals surface area contributed by atoms with Crippen LogP contribution in [0.5, 0.6) is 5.75 Å². The first kappa shape index (κ1) is 12.9. The van der Waals surface area contributed by atoms with Crippen LogP contribution >= 0.6 is 11.3 Å². The molecule has 1 aromatic rings. The molecule has 1 aliphatic rings. The Bertz CT molecular complexity index is 470. The van der Waals surface area contributed by atoms with Crippen LogP contribution in [0.15, 0.2) is 11.4 Å². The summed E-state index contributed by atoms with van der Waals surface area (Å²) in [6.45, 7) is 2.65. The van der Waals surface area contributed by atoms with E-state index in [4.69, 9.17) is 9.84 Å². The lowest BCUT2D eigenvalue weighted by Gasteiger charge is -2.14. The fourth-order valence-electron chi connectivity index (χ4n) is 2.15. The van der Waals surface area contributed by atoms with E-state index < -0.39 is 11.9 Å². The quantitative estimate of drug-likeness (QED) is 0.904. The van der Waals surface area contributed by atoms with Crippen molar-refractivity contribution < 1.29 is 19.4 Å². The van der Waals surface area contributed by atoms with E-state index in [1.807, 2.05) is 6.92 Å². The van der Waals surface area contributed by atoms with E-state index in [0.717, 1.165) is 0 Å². The van der Waals surface area contributed by atoms with Crippen molar-refractivity contribution in [3.8, 4) is 5.75 Å². The molecule has 6 heteroatoms. The molecule has 1 fully saturated rings. The fourth-order valence-corrected chi connectivity index (χ4v) is 2.97. The third kappa shape index (κ3) is 2.33. The van der Waals surface area contributed by atoms with Gasteiger partial charge >= 0.3 is 5.97 Å². The van der Waals surface area contributed by atoms with Crippen LogP contribution in [0.1, 0.15) is 16.6 Å². The number of aliphatic carboxylic acids is 1. The highest BCUT2D eigenvalue weighted by Gasteiger charge is 2.37. The van der Waals surface area contributed by atoms with Crippen LogP contribution in [0.2, 0.25) is 0 Å². The van der Waals surface area contributed by atoms with E-state index in [2.05, 4.69) is 0 Å². The van der Waals surface area contributed by atoms with E-state index in [1.165, 1.54) is 11.3 Å². The Kier molecular flexibility index (Phi) is 3.56. The number of likely N-dealkylation sites (tertiary alicyclic amines) is 1. The van der Waals surface area contributed by atoms with E-state index in [-0.39, 0.29) is 18.4 Å². The maximum absolute atomic E-state index is 12.2. The van der Waals surface area contributed by atoms with Gasteiger partial charge < -0.3 is 14.7 Å². The van der Waals surface area contributed by atoms with Gasteiger partial charge in [0, 0.05) is 24.5 Å². The Morgan fingerprint density at radius 1 is 1.50 bits per heavy atom. The van der Waals surface area contributed by atoms with Crippen LogP contribution in [0.4, 0.5) is 0 Å². The van der Waals surface area contributed by atoms with E-state index >= 15 is 0 Å². The summed E-state index contributed by atoms with van der Waals surface area (Å²) < 4.78 is 5.03. The first-order valence-electron chi connectivity index (χ1n) is 5.67. The molecule has 5 nitrogen and oxygen atoms in total. The molecule has 1 saturated heterocycles. The van der Waals surface area contributed by atoms with Crippen molar-refractivity contribution in [1.82, 2.24) is 4.90 Å². The van der Waals surface area contributed by atoms with Gasteiger partial charge in [-0.1, -0.05) is 6.92 Å². The molecule has 2 rings (SSSR count). The summed E-state index contributed by atoms with van der Waals surface area (Å²) in [6.07, 6.45) is 0. The summed E-state index contributed by atoms with van der Waals surface area (Å²) in [5.41, 5.74) is 0. The summed E-state index contributed by atoms with van der Waals surface area (Å²) >= 11 is 1.32. The molecule has 0 aromatic carbocycles. The van der Waals surface area contributed by atoms with E-state index in [1.54, 1.807) is 23.5 Å². The second-order valence-electron chi connectivity index (χ2n) is 4.48. The largest absolute Gasteiger partial charge is 0.496 e. The Labute approximate surface area is 109 Å². The number of hydrogen-bond donors (Lipinski definition) is 1. The third-order valence-corrected chi connectivity index (χ3v) is 4.14. The number of nitrogens with zero attached hydrogens (tertiary/aromatic N) is 1. The Morgan fingerprint density at radius 3 is 2.72 bits per heavy atom. The summed E-state index contributed by atoms with van der Waals surface area (Å²) in [4.78, 5) is 25.4. The molecule has 1 aliphatic heterocycles. The van der Waals surface area contributed by atoms with Gasteiger partial charge in [-0.05, 0) is 5.92 Å². The number of hydrogen-bond acceptors (Lipinski definition) is 4. The minimum Gasteiger partial charge on any atom is -0.496 e. The third-order valence-electron chi connectivity index (χ3n) is 3.24. The highest BCUT2D eigenvalue weighted by molar-refractivity contribution is 7.12. The van der Waals surface area contributed by atoms with Gasteiger partial charge in [-0.25, -0.2) is 0 Å². The number of thiophene rings is 1. The molecule has 0 aliphatic carbocycles. The predicted molar refractivity (Wildman–Crippen MR) is 67.1 cm³/mol. The van der Waals surface area contributed by atoms with Gasteiger partial charge in [-0.3, -0.25) is 9.59 Å². The number of amides is 1. The van der Waals surface area contributed by atoms with Crippen LogP contribution in [0.3, 0.4) is 0 Å². The van der Waals surface area contributed by atoms with Crippen molar-refractivity contribution in [3.63, 3.8) is 0 Å². The topological polar surface area (TPSA) is 66.8 Å². The van der Waals surface area contributed by atoms with Gasteiger partial charge in [0.05, 0.1) is 17.9 Å². The molecular formula is C12H15NO4S. The summed E-state index contributed by atoms with van der Waals surface area (Å²) in [6, 6.07) is 1.69. The number of methoxy groups -OCH3 is 1. The van der Waals surface area contributed by atoms with Crippen molar-refractivity contribution in [2.24, 2.45) is 11.8 Å². The highest BCUT2D eigenvalue weighted by Crippen LogP contribution is 2.28. The van der Waals surface area contributed by atoms with Gasteiger partial charge in [0.15, 0.2) is 0 Å². The zero-order valence-electron chi connectivity index (χ0n) is 10.3. The van der Waals surface area contributed by atoms with Crippen LogP contribution in [0.25, 0.3) is 0 Å². The number of carbonyl (C=O) groups is 2. The Morgan fingerprint density at radius 2 is 2.22 bits per heavy atom. The van der Waals surface area contributed by atoms with Gasteiger partial charge in [0.25, 0.3) is 5.91 Å². The van der Waals surface area contributed by atoms with Crippen molar-refractivity contribution in [2.75, 3.05) is 20.2 Å². The molecule has 2 heterocycles. The second-order valence-corrected chi connectivity index (χ2v) is 5.39. The summed E-state index contributed by atoms with van der Waals surface area (Å²) in [5, 5.41) is 10.8. The van der Waals surface area contributed by atoms with Gasteiger partial charge in [-0.15, -0.1) is 11.3 Å². The second kappa shape index (κ2) is 4.97. The van der Waals surface area contributed by atoms with Crippen LogP contribution in [-0.4, -0.2) is 42.1 Å². The first-order chi connectivity index (χ1) is 8.52. The maximum Gasteiger partial charge on any atom is 0.308 e. The van der Waals surface area contributed by atoms with E-state index in [0.29, 0.717) is 17.2 Å². The monoisotopic (exact) mass is 269 g/mol. The Balaban J connectivity index is 2.09. The van der Waals surface area contributed by atoms with Gasteiger partial charge in [0.2, 0.25) is 0 Å². The zero-order valence-corrected chi connectivity index (χ0v) is 11.1. The summed E-state index contributed by atoms with van der Waals surface area (Å²) in [5.74, 6) is -0.755. The first-order valence-corrected chi connectivity index (χ1v) is 6.55. The molecule has 1 aromatic heterocycles. The van der Waals surface area contributed by atoms with Gasteiger partial charge in [0.1, 0.15) is 5.75 Å². The predicted octanol–water partition coefficient (Wildman–Crippen LogP) is 1.55. The van der Waals surface area contributed by atoms with Crippen molar-refractivity contribution in [1.29, 1.82) is 0 Å². The number of carboxylic acid groups (broad SMARTS) is 1. The molecule has 0 unspecified atom stereocenters. The normalized spacial score (nSPS) is 23.1. The smallest absolute Gasteiger partial charge is 0.308 e. The number of rotatable bonds is 3. The lowest BCUT2D eigenvalue weighted by molar-refractivity contribution is -0.142. The maximum atomic E-state index is 12.2. The fraction of sp³-hybridized carbons (Fsp3) is 0.500. The molecule has 1 amide bonds. The highest BCUT2D eigenvalue weighted by atomic mass is 32.1. The van der Waals surface area contributed by atoms with Crippen LogP contribution < -0.4 is 4.74 Å². The molecule has 0 saturated carbocycles. The molecular weight excluding hydrogens is 254 g/mol. The summed E-state index contributed by atoms with van der Waals surface area (Å²) in [7, 11) is 1.55. The SMILES string of the molecule is COc1csc(C(=O)N2C[C@@H](C)[C@H](C(=O)O)C2)c1. The van der Waals surface area contributed by atoms with E-state index in [9.17, 15) is 9.59 Å². The molecule has 1 N–H and O–H groups in total. The minimum atomic E-state index is -0.832. The average molecular weight is 269 g/mol. The van der Waals surface area contributed by atoms with Crippen LogP contribution in [0, 0.1) is 11.8 Å². The zero-order chi connectivity index (χ0) is 13.3. The van der Waals surface area contributed by atoms with Crippen molar-refractivity contribution in [2.45, 2.75) is 6.92 Å². The molecule has 2 atom stereocenters. The lowest BCUT2D eigenvalue weighted by atomic mass is 9.99. The van der Waals surface area contributed by atoms with Crippen molar-refractivity contribution >= 4 is 23.2 Å². The molecule has 0 radical (unpaired) electrons. The standard InChI is InChI=1S/C12H15NO4S/c1-7-4-13(5-9(7)12(15)16)11(14)10-3-8(17-2)6-18-10/h3,6-7,9H,4-5H2,1-2H3,(H,15,16)/t7-,9-/m1/s1. The lowest BCUT2D eigenvalue weighted by Crippen LogP contribution is -2.29. The number of carboxylic acids is 1. The molecule has 0 bridgehead atoms. The minimum absolute atomic E-state index is 0.00620. The van der Waals surface area contributed by atoms with Crippen LogP contribution in [-0.2, 0) is 4.79 Å². The van der Waals surface area contributed by atoms with Gasteiger partial charge in [-0.2, -0.15) is 0 Å². The number of carbonyl (C=O) groups excluding carboxylic acids is 1. The molecule has 98 valence electrons. The Hall–Kier alpha value is -1.56. The number of ether oxygens (including phenoxy) is 1. The molecule has 18 heavy (non-hydrogen) atoms. The average Bonchev–Trinajstić information content (AvgIpc) is 2.94.